The van der Waals surface area contributed by atoms with Gasteiger partial charge in [-0.15, -0.1) is 0 Å². The molecular weight excluding hydrogens is 138 g/mol. The lowest BCUT2D eigenvalue weighted by Crippen LogP contribution is -2.14. The highest BCUT2D eigenvalue weighted by Gasteiger charge is 2.04. The molecule has 3 heteroatoms. The van der Waals surface area contributed by atoms with Gasteiger partial charge in [-0.2, -0.15) is 0 Å². The second-order valence-corrected chi connectivity index (χ2v) is 2.86. The summed E-state index contributed by atoms with van der Waals surface area (Å²) in [4.78, 5) is 6.39. The molecule has 0 fully saturated rings. The zero-order chi connectivity index (χ0) is 8.43. The number of aryl methyl sites for hydroxylation is 2. The Morgan fingerprint density at radius 1 is 1.55 bits per heavy atom. The molecule has 0 N–H and O–H groups in total. The Kier molecular flexibility index (Phi) is 2.17. The van der Waals surface area contributed by atoms with E-state index in [-0.39, 0.29) is 0 Å². The molecule has 0 aliphatic carbocycles. The van der Waals surface area contributed by atoms with Gasteiger partial charge in [0.2, 0.25) is 5.95 Å². The van der Waals surface area contributed by atoms with Crippen LogP contribution < -0.4 is 4.90 Å². The van der Waals surface area contributed by atoms with Crippen LogP contribution in [0.3, 0.4) is 0 Å². The second kappa shape index (κ2) is 2.95. The highest BCUT2D eigenvalue weighted by molar-refractivity contribution is 5.30. The van der Waals surface area contributed by atoms with Crippen LogP contribution in [0.2, 0.25) is 0 Å². The molecule has 62 valence electrons. The van der Waals surface area contributed by atoms with Crippen molar-refractivity contribution in [2.24, 2.45) is 0 Å². The SMILES string of the molecule is CCn1cc(C)nc1N(C)C. The summed E-state index contributed by atoms with van der Waals surface area (Å²) in [5.74, 6) is 1.03. The maximum absolute atomic E-state index is 4.37. The largest absolute Gasteiger partial charge is 0.348 e. The maximum atomic E-state index is 4.37. The molecule has 1 heterocycles. The zero-order valence-electron chi connectivity index (χ0n) is 7.63. The van der Waals surface area contributed by atoms with Crippen LogP contribution >= 0.6 is 0 Å². The van der Waals surface area contributed by atoms with Gasteiger partial charge < -0.3 is 9.47 Å². The van der Waals surface area contributed by atoms with Crippen molar-refractivity contribution >= 4 is 5.95 Å². The molecule has 11 heavy (non-hydrogen) atoms. The minimum absolute atomic E-state index is 0.981. The minimum Gasteiger partial charge on any atom is -0.348 e. The number of hydrogen-bond acceptors (Lipinski definition) is 2. The van der Waals surface area contributed by atoms with E-state index in [1.807, 2.05) is 25.9 Å². The summed E-state index contributed by atoms with van der Waals surface area (Å²) in [6.07, 6.45) is 2.06. The molecule has 0 radical (unpaired) electrons. The van der Waals surface area contributed by atoms with Crippen molar-refractivity contribution in [3.8, 4) is 0 Å². The summed E-state index contributed by atoms with van der Waals surface area (Å²) in [5.41, 5.74) is 1.08. The average molecular weight is 153 g/mol. The molecule has 0 unspecified atom stereocenters. The minimum atomic E-state index is 0.981. The fourth-order valence-corrected chi connectivity index (χ4v) is 1.12. The average Bonchev–Trinajstić information content (AvgIpc) is 2.30. The molecular formula is C8H15N3. The van der Waals surface area contributed by atoms with Gasteiger partial charge in [-0.3, -0.25) is 0 Å². The molecule has 0 bridgehead atoms. The van der Waals surface area contributed by atoms with Crippen molar-refractivity contribution in [1.29, 1.82) is 0 Å². The van der Waals surface area contributed by atoms with Crippen molar-refractivity contribution in [3.63, 3.8) is 0 Å². The summed E-state index contributed by atoms with van der Waals surface area (Å²) >= 11 is 0. The number of hydrogen-bond donors (Lipinski definition) is 0. The van der Waals surface area contributed by atoms with Gasteiger partial charge in [0.1, 0.15) is 0 Å². The number of rotatable bonds is 2. The molecule has 1 aromatic heterocycles. The van der Waals surface area contributed by atoms with Gasteiger partial charge in [0.05, 0.1) is 5.69 Å². The van der Waals surface area contributed by atoms with E-state index in [2.05, 4.69) is 22.7 Å². The van der Waals surface area contributed by atoms with E-state index in [9.17, 15) is 0 Å². The molecule has 0 atom stereocenters. The van der Waals surface area contributed by atoms with Gasteiger partial charge in [0.15, 0.2) is 0 Å². The first kappa shape index (κ1) is 8.11. The van der Waals surface area contributed by atoms with Gasteiger partial charge in [-0.25, -0.2) is 4.98 Å². The molecule has 1 rings (SSSR count). The Bertz CT molecular complexity index is 237. The third kappa shape index (κ3) is 1.53. The molecule has 0 aliphatic rings. The maximum Gasteiger partial charge on any atom is 0.205 e. The van der Waals surface area contributed by atoms with Gasteiger partial charge in [0, 0.05) is 26.8 Å². The van der Waals surface area contributed by atoms with Crippen LogP contribution in [0.25, 0.3) is 0 Å². The Labute approximate surface area is 67.7 Å². The smallest absolute Gasteiger partial charge is 0.205 e. The van der Waals surface area contributed by atoms with E-state index >= 15 is 0 Å². The zero-order valence-corrected chi connectivity index (χ0v) is 7.63. The summed E-state index contributed by atoms with van der Waals surface area (Å²) < 4.78 is 2.13. The fraction of sp³-hybridized carbons (Fsp3) is 0.625. The number of aromatic nitrogens is 2. The van der Waals surface area contributed by atoms with E-state index in [0.717, 1.165) is 18.2 Å². The lowest BCUT2D eigenvalue weighted by atomic mass is 10.6. The Balaban J connectivity index is 3.02. The van der Waals surface area contributed by atoms with E-state index in [0.29, 0.717) is 0 Å². The van der Waals surface area contributed by atoms with Crippen molar-refractivity contribution < 1.29 is 0 Å². The Morgan fingerprint density at radius 3 is 2.55 bits per heavy atom. The van der Waals surface area contributed by atoms with E-state index in [1.165, 1.54) is 0 Å². The van der Waals surface area contributed by atoms with E-state index in [4.69, 9.17) is 0 Å². The van der Waals surface area contributed by atoms with Gasteiger partial charge in [0.25, 0.3) is 0 Å². The molecule has 0 amide bonds. The third-order valence-corrected chi connectivity index (χ3v) is 1.62. The predicted molar refractivity (Wildman–Crippen MR) is 47.0 cm³/mol. The van der Waals surface area contributed by atoms with Gasteiger partial charge >= 0.3 is 0 Å². The first-order chi connectivity index (χ1) is 5.15. The fourth-order valence-electron chi connectivity index (χ4n) is 1.12. The van der Waals surface area contributed by atoms with Gasteiger partial charge in [-0.1, -0.05) is 0 Å². The summed E-state index contributed by atoms with van der Waals surface area (Å²) in [6, 6.07) is 0. The van der Waals surface area contributed by atoms with Crippen molar-refractivity contribution in [2.45, 2.75) is 20.4 Å². The standard InChI is InChI=1S/C8H15N3/c1-5-11-6-7(2)9-8(11)10(3)4/h6H,5H2,1-4H3. The Morgan fingerprint density at radius 2 is 2.18 bits per heavy atom. The van der Waals surface area contributed by atoms with E-state index in [1.54, 1.807) is 0 Å². The normalized spacial score (nSPS) is 10.2. The molecule has 1 aromatic rings. The third-order valence-electron chi connectivity index (χ3n) is 1.62. The van der Waals surface area contributed by atoms with E-state index < -0.39 is 0 Å². The van der Waals surface area contributed by atoms with Crippen LogP contribution in [-0.2, 0) is 6.54 Å². The molecule has 0 aromatic carbocycles. The van der Waals surface area contributed by atoms with Crippen molar-refractivity contribution in [1.82, 2.24) is 9.55 Å². The van der Waals surface area contributed by atoms with Crippen molar-refractivity contribution in [3.05, 3.63) is 11.9 Å². The molecule has 0 spiro atoms. The summed E-state index contributed by atoms with van der Waals surface area (Å²) in [5, 5.41) is 0. The highest BCUT2D eigenvalue weighted by Crippen LogP contribution is 2.10. The lowest BCUT2D eigenvalue weighted by molar-refractivity contribution is 0.747. The second-order valence-electron chi connectivity index (χ2n) is 2.86. The number of anilines is 1. The molecule has 0 aliphatic heterocycles. The van der Waals surface area contributed by atoms with Crippen LogP contribution in [0.1, 0.15) is 12.6 Å². The van der Waals surface area contributed by atoms with Crippen LogP contribution in [0.5, 0.6) is 0 Å². The van der Waals surface area contributed by atoms with Crippen molar-refractivity contribution in [2.75, 3.05) is 19.0 Å². The molecule has 0 saturated carbocycles. The monoisotopic (exact) mass is 153 g/mol. The topological polar surface area (TPSA) is 21.1 Å². The summed E-state index contributed by atoms with van der Waals surface area (Å²) in [7, 11) is 4.02. The van der Waals surface area contributed by atoms with Crippen LogP contribution in [0.15, 0.2) is 6.20 Å². The highest BCUT2D eigenvalue weighted by atomic mass is 15.3. The lowest BCUT2D eigenvalue weighted by Gasteiger charge is -2.11. The van der Waals surface area contributed by atoms with Crippen LogP contribution in [0.4, 0.5) is 5.95 Å². The Hall–Kier alpha value is -0.990. The van der Waals surface area contributed by atoms with Crippen LogP contribution in [0, 0.1) is 6.92 Å². The number of imidazole rings is 1. The van der Waals surface area contributed by atoms with Crippen LogP contribution in [-0.4, -0.2) is 23.6 Å². The number of nitrogens with zero attached hydrogens (tertiary/aromatic N) is 3. The summed E-state index contributed by atoms with van der Waals surface area (Å²) in [6.45, 7) is 5.11. The molecule has 3 nitrogen and oxygen atoms in total. The first-order valence-electron chi connectivity index (χ1n) is 3.86. The predicted octanol–water partition coefficient (Wildman–Crippen LogP) is 1.28. The molecule has 0 saturated heterocycles. The van der Waals surface area contributed by atoms with Gasteiger partial charge in [-0.05, 0) is 13.8 Å². The first-order valence-corrected chi connectivity index (χ1v) is 3.86. The quantitative estimate of drug-likeness (QED) is 0.638.